The molecule has 0 heterocycles. The van der Waals surface area contributed by atoms with Crippen LogP contribution in [0.2, 0.25) is 0 Å². The number of nitro groups is 2. The molecule has 0 aliphatic rings. The van der Waals surface area contributed by atoms with E-state index in [1.807, 2.05) is 0 Å². The Morgan fingerprint density at radius 1 is 0.676 bits per heavy atom. The van der Waals surface area contributed by atoms with Crippen molar-refractivity contribution >= 4 is 58.3 Å². The van der Waals surface area contributed by atoms with Gasteiger partial charge < -0.3 is 30.0 Å². The molecule has 0 aliphatic carbocycles. The number of aromatic carboxylic acids is 2. The van der Waals surface area contributed by atoms with Crippen LogP contribution < -0.4 is 10.2 Å². The van der Waals surface area contributed by atoms with Crippen molar-refractivity contribution in [3.05, 3.63) is 104 Å². The molecule has 0 unspecified atom stereocenters. The molecule has 14 nitrogen and oxygen atoms in total. The summed E-state index contributed by atoms with van der Waals surface area (Å²) in [5.74, 6) is -4.95. The molecule has 2 rings (SSSR count). The molecule has 37 heavy (non-hydrogen) atoms. The average Bonchev–Trinajstić information content (AvgIpc) is 2.80. The van der Waals surface area contributed by atoms with Crippen molar-refractivity contribution in [2.75, 3.05) is 0 Å². The van der Waals surface area contributed by atoms with E-state index in [9.17, 15) is 49.6 Å². The maximum atomic E-state index is 10.3. The van der Waals surface area contributed by atoms with E-state index >= 15 is 0 Å². The van der Waals surface area contributed by atoms with Gasteiger partial charge in [0, 0.05) is 23.3 Å². The number of carbonyl (C=O) groups is 4. The van der Waals surface area contributed by atoms with Gasteiger partial charge in [0.15, 0.2) is 0 Å². The number of hydrogen-bond donors (Lipinski definition) is 2. The molecule has 0 saturated carbocycles. The number of benzene rings is 2. The standard InChI is InChI=1S/2C7H5NO4.2C4H6O2.Mg/c2*9-7(10)5-3-1-2-4-6(5)8(11)12;2*1-3(2)4(5)6;/h2*1-4H,(H,9,10);2*1H2,2H3,(H,5,6);/q;;;;+2/p-2. The fraction of sp³-hybridized carbons (Fsp3) is 0.0909. The second-order valence-electron chi connectivity index (χ2n) is 6.29. The number of aliphatic carboxylic acids is 2. The van der Waals surface area contributed by atoms with Crippen molar-refractivity contribution in [2.24, 2.45) is 0 Å². The van der Waals surface area contributed by atoms with Crippen LogP contribution in [0.4, 0.5) is 11.4 Å². The smallest absolute Gasteiger partial charge is 0.545 e. The van der Waals surface area contributed by atoms with Gasteiger partial charge in [-0.15, -0.1) is 0 Å². The second kappa shape index (κ2) is 18.7. The Morgan fingerprint density at radius 2 is 0.892 bits per heavy atom. The van der Waals surface area contributed by atoms with Crippen LogP contribution in [-0.2, 0) is 9.59 Å². The summed E-state index contributed by atoms with van der Waals surface area (Å²) in [5, 5.41) is 56.9. The summed E-state index contributed by atoms with van der Waals surface area (Å²) in [7, 11) is 0. The monoisotopic (exact) mass is 528 g/mol. The quantitative estimate of drug-likeness (QED) is 0.229. The van der Waals surface area contributed by atoms with Crippen LogP contribution >= 0.6 is 0 Å². The zero-order valence-corrected chi connectivity index (χ0v) is 21.0. The molecule has 0 fully saturated rings. The maximum absolute atomic E-state index is 10.3. The molecule has 0 atom stereocenters. The first kappa shape index (κ1) is 36.9. The van der Waals surface area contributed by atoms with E-state index in [0.717, 1.165) is 24.3 Å². The van der Waals surface area contributed by atoms with Gasteiger partial charge in [0.1, 0.15) is 0 Å². The second-order valence-corrected chi connectivity index (χ2v) is 6.29. The fourth-order valence-electron chi connectivity index (χ4n) is 1.61. The SMILES string of the molecule is C=C(C)C(=O)O.C=C(C)C(=O)O.O=C([O-])c1ccccc1[N+](=O)[O-].O=C([O-])c1ccccc1[N+](=O)[O-].[Mg+2]. The molecule has 0 radical (unpaired) electrons. The van der Waals surface area contributed by atoms with Gasteiger partial charge in [-0.2, -0.15) is 0 Å². The Bertz CT molecular complexity index is 996. The zero-order valence-electron chi connectivity index (χ0n) is 19.6. The molecule has 0 aromatic heterocycles. The van der Waals surface area contributed by atoms with E-state index in [1.165, 1.54) is 38.1 Å². The van der Waals surface area contributed by atoms with Gasteiger partial charge in [-0.05, 0) is 26.0 Å². The summed E-state index contributed by atoms with van der Waals surface area (Å²) >= 11 is 0. The van der Waals surface area contributed by atoms with E-state index in [4.69, 9.17) is 10.2 Å². The predicted molar refractivity (Wildman–Crippen MR) is 126 cm³/mol. The molecule has 0 bridgehead atoms. The van der Waals surface area contributed by atoms with E-state index in [2.05, 4.69) is 13.2 Å². The van der Waals surface area contributed by atoms with Gasteiger partial charge in [0.25, 0.3) is 11.4 Å². The van der Waals surface area contributed by atoms with E-state index in [1.54, 1.807) is 0 Å². The number of rotatable bonds is 6. The first-order chi connectivity index (χ1) is 16.5. The minimum Gasteiger partial charge on any atom is -0.545 e. The summed E-state index contributed by atoms with van der Waals surface area (Å²) in [6.45, 7) is 9.20. The van der Waals surface area contributed by atoms with Gasteiger partial charge in [-0.1, -0.05) is 37.4 Å². The molecule has 0 aliphatic heterocycles. The Labute approximate surface area is 225 Å². The molecule has 0 amide bonds. The van der Waals surface area contributed by atoms with Crippen molar-refractivity contribution in [2.45, 2.75) is 13.8 Å². The van der Waals surface area contributed by atoms with Gasteiger partial charge in [0.05, 0.1) is 32.9 Å². The number of carboxylic acid groups (broad SMARTS) is 4. The van der Waals surface area contributed by atoms with Crippen molar-refractivity contribution in [3.8, 4) is 0 Å². The van der Waals surface area contributed by atoms with E-state index in [-0.39, 0.29) is 34.2 Å². The number of carbonyl (C=O) groups excluding carboxylic acids is 2. The third-order valence-electron chi connectivity index (χ3n) is 3.37. The van der Waals surface area contributed by atoms with Gasteiger partial charge >= 0.3 is 35.0 Å². The third kappa shape index (κ3) is 15.8. The third-order valence-corrected chi connectivity index (χ3v) is 3.37. The van der Waals surface area contributed by atoms with Gasteiger partial charge in [-0.3, -0.25) is 20.2 Å². The summed E-state index contributed by atoms with van der Waals surface area (Å²) in [5.41, 5.74) is -1.34. The van der Waals surface area contributed by atoms with Crippen molar-refractivity contribution in [1.29, 1.82) is 0 Å². The molecule has 0 saturated heterocycles. The number of hydrogen-bond acceptors (Lipinski definition) is 10. The Kier molecular flexibility index (Phi) is 18.6. The largest absolute Gasteiger partial charge is 2.00 e. The molecule has 15 heteroatoms. The molecule has 2 aromatic carbocycles. The summed E-state index contributed by atoms with van der Waals surface area (Å²) < 4.78 is 0. The van der Waals surface area contributed by atoms with Crippen LogP contribution in [0.15, 0.2) is 72.8 Å². The molecule has 192 valence electrons. The summed E-state index contributed by atoms with van der Waals surface area (Å²) in [6.07, 6.45) is 0. The minimum absolute atomic E-state index is 0. The molecule has 0 spiro atoms. The van der Waals surface area contributed by atoms with Crippen LogP contribution in [0.3, 0.4) is 0 Å². The first-order valence-electron chi connectivity index (χ1n) is 9.21. The van der Waals surface area contributed by atoms with Crippen molar-refractivity contribution in [1.82, 2.24) is 0 Å². The van der Waals surface area contributed by atoms with Crippen LogP contribution in [-0.4, -0.2) is 67.0 Å². The topological polar surface area (TPSA) is 241 Å². The summed E-state index contributed by atoms with van der Waals surface area (Å²) in [4.78, 5) is 58.8. The number of nitrogens with zero attached hydrogens (tertiary/aromatic N) is 2. The van der Waals surface area contributed by atoms with Crippen LogP contribution in [0, 0.1) is 20.2 Å². The van der Waals surface area contributed by atoms with Crippen LogP contribution in [0.1, 0.15) is 34.6 Å². The van der Waals surface area contributed by atoms with E-state index < -0.39 is 56.2 Å². The molecule has 2 N–H and O–H groups in total. The number of carboxylic acids is 4. The zero-order chi connectivity index (χ0) is 28.6. The maximum Gasteiger partial charge on any atom is 2.00 e. The van der Waals surface area contributed by atoms with Crippen molar-refractivity contribution in [3.63, 3.8) is 0 Å². The van der Waals surface area contributed by atoms with Crippen LogP contribution in [0.25, 0.3) is 0 Å². The number of para-hydroxylation sites is 2. The average molecular weight is 529 g/mol. The number of nitro benzene ring substituents is 2. The molecular formula is C22H20MgN2O12. The minimum atomic E-state index is -1.54. The molecular weight excluding hydrogens is 509 g/mol. The Balaban J connectivity index is -0.000000436. The fourth-order valence-corrected chi connectivity index (χ4v) is 1.61. The predicted octanol–water partition coefficient (Wildman–Crippen LogP) is 0.830. The van der Waals surface area contributed by atoms with Crippen LogP contribution in [0.5, 0.6) is 0 Å². The Morgan fingerprint density at radius 3 is 1.03 bits per heavy atom. The Hall–Kier alpha value is -4.63. The van der Waals surface area contributed by atoms with Crippen molar-refractivity contribution < 1.29 is 49.5 Å². The van der Waals surface area contributed by atoms with E-state index in [0.29, 0.717) is 0 Å². The normalized spacial score (nSPS) is 8.49. The summed E-state index contributed by atoms with van der Waals surface area (Å²) in [6, 6.07) is 10.1. The van der Waals surface area contributed by atoms with Gasteiger partial charge in [-0.25, -0.2) is 9.59 Å². The molecule has 2 aromatic rings. The van der Waals surface area contributed by atoms with Gasteiger partial charge in [0.2, 0.25) is 0 Å². The first-order valence-corrected chi connectivity index (χ1v) is 9.21.